The van der Waals surface area contributed by atoms with Crippen LogP contribution >= 0.6 is 11.6 Å². The fraction of sp³-hybridized carbons (Fsp3) is 0.273. The molecule has 0 heterocycles. The molecule has 0 atom stereocenters. The van der Waals surface area contributed by atoms with Crippen LogP contribution in [0, 0.1) is 0 Å². The van der Waals surface area contributed by atoms with Gasteiger partial charge in [0.05, 0.1) is 12.8 Å². The molecule has 1 amide bonds. The molecule has 0 aliphatic rings. The molecule has 5 nitrogen and oxygen atoms in total. The first-order chi connectivity index (χ1) is 8.08. The molecule has 0 fully saturated rings. The van der Waals surface area contributed by atoms with Crippen molar-refractivity contribution in [3.8, 4) is 0 Å². The Hall–Kier alpha value is -1.75. The van der Waals surface area contributed by atoms with E-state index in [2.05, 4.69) is 15.2 Å². The predicted molar refractivity (Wildman–Crippen MR) is 67.1 cm³/mol. The first-order valence-corrected chi connectivity index (χ1v) is 5.31. The largest absolute Gasteiger partial charge is 0.453 e. The van der Waals surface area contributed by atoms with Crippen LogP contribution in [-0.2, 0) is 11.3 Å². The van der Waals surface area contributed by atoms with E-state index in [0.29, 0.717) is 10.7 Å². The molecule has 0 aliphatic heterocycles. The van der Waals surface area contributed by atoms with Crippen LogP contribution in [0.15, 0.2) is 23.3 Å². The second kappa shape index (κ2) is 6.10. The normalized spacial score (nSPS) is 11.1. The minimum Gasteiger partial charge on any atom is -0.453 e. The second-order valence-electron chi connectivity index (χ2n) is 3.37. The summed E-state index contributed by atoms with van der Waals surface area (Å²) in [6, 6.07) is 5.37. The number of benzene rings is 1. The first-order valence-electron chi connectivity index (χ1n) is 4.93. The van der Waals surface area contributed by atoms with E-state index in [1.54, 1.807) is 13.0 Å². The zero-order valence-electron chi connectivity index (χ0n) is 9.66. The Morgan fingerprint density at radius 2 is 2.29 bits per heavy atom. The van der Waals surface area contributed by atoms with E-state index in [1.807, 2.05) is 12.1 Å². The number of nitrogens with zero attached hydrogens (tertiary/aromatic N) is 1. The lowest BCUT2D eigenvalue weighted by atomic mass is 10.1. The van der Waals surface area contributed by atoms with Gasteiger partial charge in [0.15, 0.2) is 0 Å². The van der Waals surface area contributed by atoms with Crippen molar-refractivity contribution in [1.82, 2.24) is 5.32 Å². The van der Waals surface area contributed by atoms with Crippen LogP contribution in [0.5, 0.6) is 0 Å². The molecular weight excluding hydrogens is 242 g/mol. The zero-order valence-corrected chi connectivity index (χ0v) is 10.4. The van der Waals surface area contributed by atoms with Crippen molar-refractivity contribution < 1.29 is 9.53 Å². The Balaban J connectivity index is 2.87. The lowest BCUT2D eigenvalue weighted by Gasteiger charge is -2.08. The molecule has 3 N–H and O–H groups in total. The number of methoxy groups -OCH3 is 1. The Bertz CT molecular complexity index is 446. The van der Waals surface area contributed by atoms with E-state index in [1.165, 1.54) is 7.11 Å². The molecule has 0 saturated heterocycles. The summed E-state index contributed by atoms with van der Waals surface area (Å²) in [7, 11) is 1.30. The summed E-state index contributed by atoms with van der Waals surface area (Å²) in [5, 5.41) is 6.72. The number of halogens is 1. The van der Waals surface area contributed by atoms with Gasteiger partial charge >= 0.3 is 6.09 Å². The third-order valence-electron chi connectivity index (χ3n) is 2.27. The molecule has 0 bridgehead atoms. The van der Waals surface area contributed by atoms with Crippen molar-refractivity contribution in [2.24, 2.45) is 10.9 Å². The van der Waals surface area contributed by atoms with Gasteiger partial charge in [-0.2, -0.15) is 5.10 Å². The van der Waals surface area contributed by atoms with Crippen molar-refractivity contribution in [2.45, 2.75) is 13.5 Å². The van der Waals surface area contributed by atoms with Crippen molar-refractivity contribution in [1.29, 1.82) is 0 Å². The Labute approximate surface area is 105 Å². The number of carbonyl (C=O) groups excluding carboxylic acids is 1. The number of nitrogens with one attached hydrogen (secondary N) is 1. The van der Waals surface area contributed by atoms with Crippen LogP contribution in [0.2, 0.25) is 5.02 Å². The molecule has 1 rings (SSSR count). The molecular formula is C11H14ClN3O2. The quantitative estimate of drug-likeness (QED) is 0.492. The van der Waals surface area contributed by atoms with Gasteiger partial charge in [-0.3, -0.25) is 0 Å². The van der Waals surface area contributed by atoms with Crippen LogP contribution < -0.4 is 11.2 Å². The van der Waals surface area contributed by atoms with Crippen LogP contribution in [0.1, 0.15) is 18.1 Å². The van der Waals surface area contributed by atoms with Gasteiger partial charge in [0, 0.05) is 11.6 Å². The number of alkyl carbamates (subject to hydrolysis) is 1. The minimum absolute atomic E-state index is 0.289. The molecule has 6 heteroatoms. The van der Waals surface area contributed by atoms with Crippen molar-refractivity contribution in [3.63, 3.8) is 0 Å². The maximum absolute atomic E-state index is 11.0. The Morgan fingerprint density at radius 3 is 2.88 bits per heavy atom. The number of nitrogens with two attached hydrogens (primary N) is 1. The van der Waals surface area contributed by atoms with Crippen molar-refractivity contribution in [3.05, 3.63) is 34.3 Å². The summed E-state index contributed by atoms with van der Waals surface area (Å²) >= 11 is 6.01. The fourth-order valence-corrected chi connectivity index (χ4v) is 1.43. The number of ether oxygens (including phenoxy) is 1. The SMILES string of the molecule is COC(=O)NCc1cc(/C(C)=N/N)ccc1Cl. The summed E-state index contributed by atoms with van der Waals surface area (Å²) in [5.74, 6) is 5.20. The van der Waals surface area contributed by atoms with Gasteiger partial charge in [-0.15, -0.1) is 0 Å². The summed E-state index contributed by atoms with van der Waals surface area (Å²) in [6.45, 7) is 2.08. The van der Waals surface area contributed by atoms with Crippen LogP contribution in [0.4, 0.5) is 4.79 Å². The highest BCUT2D eigenvalue weighted by Gasteiger charge is 2.06. The van der Waals surface area contributed by atoms with Gasteiger partial charge in [-0.25, -0.2) is 4.79 Å². The van der Waals surface area contributed by atoms with Gasteiger partial charge < -0.3 is 15.9 Å². The van der Waals surface area contributed by atoms with E-state index < -0.39 is 6.09 Å². The maximum atomic E-state index is 11.0. The van der Waals surface area contributed by atoms with E-state index in [4.69, 9.17) is 17.4 Å². The molecule has 1 aromatic carbocycles. The molecule has 0 spiro atoms. The lowest BCUT2D eigenvalue weighted by molar-refractivity contribution is 0.170. The molecule has 0 aromatic heterocycles. The number of amides is 1. The van der Waals surface area contributed by atoms with E-state index in [0.717, 1.165) is 11.1 Å². The summed E-state index contributed by atoms with van der Waals surface area (Å²) < 4.78 is 4.47. The Morgan fingerprint density at radius 1 is 1.59 bits per heavy atom. The topological polar surface area (TPSA) is 76.7 Å². The number of rotatable bonds is 3. The van der Waals surface area contributed by atoms with E-state index >= 15 is 0 Å². The number of hydrogen-bond acceptors (Lipinski definition) is 4. The number of hydrazone groups is 1. The van der Waals surface area contributed by atoms with E-state index in [9.17, 15) is 4.79 Å². The van der Waals surface area contributed by atoms with Crippen LogP contribution in [-0.4, -0.2) is 18.9 Å². The van der Waals surface area contributed by atoms with Crippen molar-refractivity contribution >= 4 is 23.4 Å². The minimum atomic E-state index is -0.504. The smallest absolute Gasteiger partial charge is 0.407 e. The maximum Gasteiger partial charge on any atom is 0.407 e. The number of hydrogen-bond donors (Lipinski definition) is 2. The van der Waals surface area contributed by atoms with Crippen LogP contribution in [0.25, 0.3) is 0 Å². The van der Waals surface area contributed by atoms with Gasteiger partial charge in [-0.05, 0) is 30.2 Å². The molecule has 1 aromatic rings. The lowest BCUT2D eigenvalue weighted by Crippen LogP contribution is -2.22. The summed E-state index contributed by atoms with van der Waals surface area (Å²) in [6.07, 6.45) is -0.504. The molecule has 0 unspecified atom stereocenters. The third kappa shape index (κ3) is 3.64. The second-order valence-corrected chi connectivity index (χ2v) is 3.77. The highest BCUT2D eigenvalue weighted by molar-refractivity contribution is 6.31. The van der Waals surface area contributed by atoms with Crippen LogP contribution in [0.3, 0.4) is 0 Å². The predicted octanol–water partition coefficient (Wildman–Crippen LogP) is 1.88. The van der Waals surface area contributed by atoms with Gasteiger partial charge in [0.2, 0.25) is 0 Å². The molecule has 17 heavy (non-hydrogen) atoms. The monoisotopic (exact) mass is 255 g/mol. The first kappa shape index (κ1) is 13.3. The fourth-order valence-electron chi connectivity index (χ4n) is 1.25. The Kier molecular flexibility index (Phi) is 4.78. The highest BCUT2D eigenvalue weighted by Crippen LogP contribution is 2.18. The molecule has 0 radical (unpaired) electrons. The van der Waals surface area contributed by atoms with Gasteiger partial charge in [0.1, 0.15) is 0 Å². The van der Waals surface area contributed by atoms with Crippen molar-refractivity contribution in [2.75, 3.05) is 7.11 Å². The van der Waals surface area contributed by atoms with Gasteiger partial charge in [0.25, 0.3) is 0 Å². The summed E-state index contributed by atoms with van der Waals surface area (Å²) in [5.41, 5.74) is 2.33. The molecule has 0 saturated carbocycles. The third-order valence-corrected chi connectivity index (χ3v) is 2.63. The number of carbonyl (C=O) groups is 1. The van der Waals surface area contributed by atoms with E-state index in [-0.39, 0.29) is 6.54 Å². The average molecular weight is 256 g/mol. The molecule has 92 valence electrons. The van der Waals surface area contributed by atoms with Gasteiger partial charge in [-0.1, -0.05) is 17.7 Å². The standard InChI is InChI=1S/C11H14ClN3O2/c1-7(15-13)8-3-4-10(12)9(5-8)6-14-11(16)17-2/h3-5H,6,13H2,1-2H3,(H,14,16)/b15-7+. The average Bonchev–Trinajstić information content (AvgIpc) is 2.36. The zero-order chi connectivity index (χ0) is 12.8. The highest BCUT2D eigenvalue weighted by atomic mass is 35.5. The molecule has 0 aliphatic carbocycles. The summed E-state index contributed by atoms with van der Waals surface area (Å²) in [4.78, 5) is 11.0.